The van der Waals surface area contributed by atoms with Gasteiger partial charge in [0.1, 0.15) is 6.73 Å². The van der Waals surface area contributed by atoms with Gasteiger partial charge in [0.05, 0.1) is 0 Å². The SMILES string of the molecule is CCCCCCCCCCCCc1cccc(C(=O)NCO)c1. The van der Waals surface area contributed by atoms with Gasteiger partial charge < -0.3 is 10.4 Å². The molecule has 0 heterocycles. The highest BCUT2D eigenvalue weighted by Gasteiger charge is 2.04. The van der Waals surface area contributed by atoms with Crippen LogP contribution in [0.5, 0.6) is 0 Å². The fourth-order valence-electron chi connectivity index (χ4n) is 2.86. The number of aryl methyl sites for hydroxylation is 1. The van der Waals surface area contributed by atoms with Gasteiger partial charge in [0.15, 0.2) is 0 Å². The third-order valence-corrected chi connectivity index (χ3v) is 4.25. The van der Waals surface area contributed by atoms with E-state index >= 15 is 0 Å². The average Bonchev–Trinajstić information content (AvgIpc) is 2.57. The first kappa shape index (κ1) is 19.7. The van der Waals surface area contributed by atoms with E-state index in [0.29, 0.717) is 5.56 Å². The van der Waals surface area contributed by atoms with Gasteiger partial charge in [-0.3, -0.25) is 4.79 Å². The van der Waals surface area contributed by atoms with Crippen molar-refractivity contribution in [3.05, 3.63) is 35.4 Å². The molecule has 0 fully saturated rings. The Bertz CT molecular complexity index is 431. The standard InChI is InChI=1S/C20H33NO2/c1-2-3-4-5-6-7-8-9-10-11-13-18-14-12-15-19(16-18)20(23)21-17-22/h12,14-16,22H,2-11,13,17H2,1H3,(H,21,23). The van der Waals surface area contributed by atoms with Crippen LogP contribution in [-0.4, -0.2) is 17.7 Å². The highest BCUT2D eigenvalue weighted by molar-refractivity contribution is 5.94. The van der Waals surface area contributed by atoms with Crippen molar-refractivity contribution in [2.45, 2.75) is 77.6 Å². The first-order chi connectivity index (χ1) is 11.3. The molecule has 0 spiro atoms. The Labute approximate surface area is 141 Å². The number of aliphatic hydroxyl groups is 1. The van der Waals surface area contributed by atoms with E-state index in [4.69, 9.17) is 5.11 Å². The molecular formula is C20H33NO2. The van der Waals surface area contributed by atoms with Crippen molar-refractivity contribution in [2.75, 3.05) is 6.73 Å². The lowest BCUT2D eigenvalue weighted by Gasteiger charge is -2.06. The molecule has 0 aliphatic carbocycles. The van der Waals surface area contributed by atoms with Crippen LogP contribution in [-0.2, 0) is 6.42 Å². The molecule has 0 bridgehead atoms. The number of amides is 1. The molecule has 1 amide bonds. The zero-order valence-electron chi connectivity index (χ0n) is 14.7. The molecular weight excluding hydrogens is 286 g/mol. The molecule has 0 saturated heterocycles. The van der Waals surface area contributed by atoms with E-state index in [0.717, 1.165) is 6.42 Å². The van der Waals surface area contributed by atoms with E-state index in [1.54, 1.807) is 6.07 Å². The molecule has 0 aromatic heterocycles. The van der Waals surface area contributed by atoms with Gasteiger partial charge in [0, 0.05) is 5.56 Å². The van der Waals surface area contributed by atoms with Crippen molar-refractivity contribution in [1.29, 1.82) is 0 Å². The van der Waals surface area contributed by atoms with Crippen LogP contribution >= 0.6 is 0 Å². The van der Waals surface area contributed by atoms with Gasteiger partial charge in [-0.25, -0.2) is 0 Å². The number of hydrogen-bond donors (Lipinski definition) is 2. The number of carbonyl (C=O) groups is 1. The van der Waals surface area contributed by atoms with Crippen LogP contribution in [0.15, 0.2) is 24.3 Å². The number of aliphatic hydroxyl groups excluding tert-OH is 1. The smallest absolute Gasteiger partial charge is 0.253 e. The fourth-order valence-corrected chi connectivity index (χ4v) is 2.86. The van der Waals surface area contributed by atoms with Crippen LogP contribution in [0.2, 0.25) is 0 Å². The molecule has 1 aromatic rings. The Kier molecular flexibility index (Phi) is 11.2. The lowest BCUT2D eigenvalue weighted by molar-refractivity contribution is 0.0910. The third kappa shape index (κ3) is 9.39. The maximum absolute atomic E-state index is 11.7. The van der Waals surface area contributed by atoms with Crippen molar-refractivity contribution in [1.82, 2.24) is 5.32 Å². The van der Waals surface area contributed by atoms with Gasteiger partial charge in [0.2, 0.25) is 0 Å². The summed E-state index contributed by atoms with van der Waals surface area (Å²) in [6, 6.07) is 7.70. The number of rotatable bonds is 13. The molecule has 3 nitrogen and oxygen atoms in total. The quantitative estimate of drug-likeness (QED) is 0.404. The Morgan fingerprint density at radius 2 is 1.57 bits per heavy atom. The molecule has 0 radical (unpaired) electrons. The fraction of sp³-hybridized carbons (Fsp3) is 0.650. The minimum Gasteiger partial charge on any atom is -0.376 e. The molecule has 23 heavy (non-hydrogen) atoms. The van der Waals surface area contributed by atoms with Crippen LogP contribution < -0.4 is 5.32 Å². The Morgan fingerprint density at radius 1 is 0.957 bits per heavy atom. The summed E-state index contributed by atoms with van der Waals surface area (Å²) in [4.78, 5) is 11.7. The van der Waals surface area contributed by atoms with E-state index in [2.05, 4.69) is 18.3 Å². The molecule has 0 unspecified atom stereocenters. The minimum absolute atomic E-state index is 0.211. The van der Waals surface area contributed by atoms with Crippen LogP contribution in [0, 0.1) is 0 Å². The second-order valence-electron chi connectivity index (χ2n) is 6.30. The van der Waals surface area contributed by atoms with Gasteiger partial charge in [-0.05, 0) is 30.5 Å². The number of unbranched alkanes of at least 4 members (excludes halogenated alkanes) is 9. The van der Waals surface area contributed by atoms with E-state index in [9.17, 15) is 4.79 Å². The molecule has 130 valence electrons. The molecule has 0 saturated carbocycles. The normalized spacial score (nSPS) is 10.7. The van der Waals surface area contributed by atoms with Crippen LogP contribution in [0.25, 0.3) is 0 Å². The van der Waals surface area contributed by atoms with Gasteiger partial charge in [0.25, 0.3) is 5.91 Å². The van der Waals surface area contributed by atoms with Crippen molar-refractivity contribution >= 4 is 5.91 Å². The topological polar surface area (TPSA) is 49.3 Å². The van der Waals surface area contributed by atoms with Gasteiger partial charge in [-0.15, -0.1) is 0 Å². The minimum atomic E-state index is -0.318. The lowest BCUT2D eigenvalue weighted by atomic mass is 10.0. The zero-order chi connectivity index (χ0) is 16.8. The zero-order valence-corrected chi connectivity index (χ0v) is 14.7. The van der Waals surface area contributed by atoms with Gasteiger partial charge >= 0.3 is 0 Å². The van der Waals surface area contributed by atoms with E-state index < -0.39 is 0 Å². The second-order valence-corrected chi connectivity index (χ2v) is 6.30. The number of benzene rings is 1. The third-order valence-electron chi connectivity index (χ3n) is 4.25. The summed E-state index contributed by atoms with van der Waals surface area (Å²) in [7, 11) is 0. The van der Waals surface area contributed by atoms with Crippen molar-refractivity contribution in [3.8, 4) is 0 Å². The summed E-state index contributed by atoms with van der Waals surface area (Å²) in [5.74, 6) is -0.211. The number of carbonyl (C=O) groups excluding carboxylic acids is 1. The van der Waals surface area contributed by atoms with Gasteiger partial charge in [-0.2, -0.15) is 0 Å². The molecule has 2 N–H and O–H groups in total. The largest absolute Gasteiger partial charge is 0.376 e. The van der Waals surface area contributed by atoms with Crippen LogP contribution in [0.3, 0.4) is 0 Å². The van der Waals surface area contributed by atoms with E-state index in [1.807, 2.05) is 12.1 Å². The summed E-state index contributed by atoms with van der Waals surface area (Å²) in [5, 5.41) is 11.2. The molecule has 0 aliphatic heterocycles. The predicted molar refractivity (Wildman–Crippen MR) is 96.5 cm³/mol. The van der Waals surface area contributed by atoms with Crippen LogP contribution in [0.4, 0.5) is 0 Å². The number of hydrogen-bond acceptors (Lipinski definition) is 2. The lowest BCUT2D eigenvalue weighted by Crippen LogP contribution is -2.24. The van der Waals surface area contributed by atoms with Crippen LogP contribution in [0.1, 0.15) is 87.1 Å². The van der Waals surface area contributed by atoms with Crippen molar-refractivity contribution in [2.24, 2.45) is 0 Å². The average molecular weight is 319 g/mol. The molecule has 0 atom stereocenters. The maximum atomic E-state index is 11.7. The summed E-state index contributed by atoms with van der Waals surface area (Å²) in [6.07, 6.45) is 14.4. The van der Waals surface area contributed by atoms with E-state index in [1.165, 1.54) is 69.8 Å². The summed E-state index contributed by atoms with van der Waals surface area (Å²) in [5.41, 5.74) is 1.83. The number of nitrogens with one attached hydrogen (secondary N) is 1. The van der Waals surface area contributed by atoms with Crippen molar-refractivity contribution < 1.29 is 9.90 Å². The Balaban J connectivity index is 2.09. The Morgan fingerprint density at radius 3 is 2.17 bits per heavy atom. The maximum Gasteiger partial charge on any atom is 0.253 e. The first-order valence-corrected chi connectivity index (χ1v) is 9.26. The molecule has 0 aliphatic rings. The summed E-state index contributed by atoms with van der Waals surface area (Å²) >= 11 is 0. The molecule has 1 rings (SSSR count). The predicted octanol–water partition coefficient (Wildman–Crippen LogP) is 4.83. The van der Waals surface area contributed by atoms with Gasteiger partial charge in [-0.1, -0.05) is 76.8 Å². The molecule has 3 heteroatoms. The van der Waals surface area contributed by atoms with Crippen molar-refractivity contribution in [3.63, 3.8) is 0 Å². The summed E-state index contributed by atoms with van der Waals surface area (Å²) < 4.78 is 0. The summed E-state index contributed by atoms with van der Waals surface area (Å²) in [6.45, 7) is 1.94. The highest BCUT2D eigenvalue weighted by Crippen LogP contribution is 2.13. The molecule has 1 aromatic carbocycles. The van der Waals surface area contributed by atoms with E-state index in [-0.39, 0.29) is 12.6 Å². The monoisotopic (exact) mass is 319 g/mol. The highest BCUT2D eigenvalue weighted by atomic mass is 16.3. The second kappa shape index (κ2) is 13.1. The Hall–Kier alpha value is -1.35. The first-order valence-electron chi connectivity index (χ1n) is 9.26.